The van der Waals surface area contributed by atoms with Crippen molar-refractivity contribution in [1.29, 1.82) is 0 Å². The zero-order valence-corrected chi connectivity index (χ0v) is 26.1. The third-order valence-corrected chi connectivity index (χ3v) is 8.46. The second-order valence-corrected chi connectivity index (χ2v) is 12.2. The number of carbonyl (C=O) groups is 2. The number of rotatable bonds is 10. The number of ether oxygens (including phenoxy) is 2. The Labute approximate surface area is 274 Å². The lowest BCUT2D eigenvalue weighted by atomic mass is 10.0. The Hall–Kier alpha value is -4.16. The summed E-state index contributed by atoms with van der Waals surface area (Å²) in [5.74, 6) is 6.93. The number of hydrogen-bond acceptors (Lipinski definition) is 6. The van der Waals surface area contributed by atoms with Crippen molar-refractivity contribution < 1.29 is 28.7 Å². The summed E-state index contributed by atoms with van der Waals surface area (Å²) in [6.45, 7) is 0.478. The summed E-state index contributed by atoms with van der Waals surface area (Å²) in [7, 11) is 0. The van der Waals surface area contributed by atoms with Crippen molar-refractivity contribution in [2.75, 3.05) is 11.9 Å². The minimum Gasteiger partial charge on any atom is -0.489 e. The second kappa shape index (κ2) is 13.5. The Morgan fingerprint density at radius 1 is 0.978 bits per heavy atom. The highest BCUT2D eigenvalue weighted by molar-refractivity contribution is 6.39. The molecule has 2 saturated carbocycles. The minimum absolute atomic E-state index is 0.0262. The number of carboxylic acid groups (broad SMARTS) is 1. The summed E-state index contributed by atoms with van der Waals surface area (Å²) in [5, 5.41) is 17.7. The molecule has 0 radical (unpaired) electrons. The quantitative estimate of drug-likeness (QED) is 0.163. The highest BCUT2D eigenvalue weighted by Gasteiger charge is 2.33. The molecule has 1 heterocycles. The van der Waals surface area contributed by atoms with E-state index >= 15 is 0 Å². The number of aromatic nitrogens is 1. The molecule has 0 bridgehead atoms. The fourth-order valence-corrected chi connectivity index (χ4v) is 5.60. The van der Waals surface area contributed by atoms with Crippen molar-refractivity contribution in [2.24, 2.45) is 5.92 Å². The van der Waals surface area contributed by atoms with Gasteiger partial charge in [0.05, 0.1) is 32.8 Å². The highest BCUT2D eigenvalue weighted by Crippen LogP contribution is 2.46. The molecule has 3 aromatic carbocycles. The molecule has 0 spiro atoms. The van der Waals surface area contributed by atoms with Gasteiger partial charge in [-0.1, -0.05) is 70.7 Å². The molecular weight excluding hydrogens is 639 g/mol. The summed E-state index contributed by atoms with van der Waals surface area (Å²) in [6, 6.07) is 14.7. The molecule has 2 fully saturated rings. The number of benzene rings is 3. The van der Waals surface area contributed by atoms with Gasteiger partial charge in [0.15, 0.2) is 0 Å². The SMILES string of the molecule is O=C(Nc1cc(C#Cc2ccc(OCc3c(-c4c(Cl)cccc4Cl)noc3C3CC3)cc2Cl)cc(C(=O)O)c1)OCCC1CC1. The Morgan fingerprint density at radius 3 is 2.44 bits per heavy atom. The van der Waals surface area contributed by atoms with E-state index in [1.54, 1.807) is 42.5 Å². The van der Waals surface area contributed by atoms with Crippen molar-refractivity contribution in [1.82, 2.24) is 5.16 Å². The maximum atomic E-state index is 12.2. The van der Waals surface area contributed by atoms with E-state index in [1.807, 2.05) is 0 Å². The van der Waals surface area contributed by atoms with Crippen molar-refractivity contribution in [2.45, 2.75) is 44.6 Å². The molecule has 4 aromatic rings. The number of anilines is 1. The van der Waals surface area contributed by atoms with E-state index in [2.05, 4.69) is 22.3 Å². The molecular formula is C34H27Cl3N2O6. The summed E-state index contributed by atoms with van der Waals surface area (Å²) in [5.41, 5.74) is 3.04. The van der Waals surface area contributed by atoms with Gasteiger partial charge in [-0.25, -0.2) is 9.59 Å². The number of hydrogen-bond donors (Lipinski definition) is 2. The topological polar surface area (TPSA) is 111 Å². The fraction of sp³-hybridized carbons (Fsp3) is 0.265. The average Bonchev–Trinajstić information content (AvgIpc) is 3.95. The van der Waals surface area contributed by atoms with Crippen LogP contribution in [0, 0.1) is 17.8 Å². The normalized spacial score (nSPS) is 13.9. The van der Waals surface area contributed by atoms with Gasteiger partial charge in [0.2, 0.25) is 0 Å². The third-order valence-electron chi connectivity index (χ3n) is 7.51. The fourth-order valence-electron chi connectivity index (χ4n) is 4.80. The Balaban J connectivity index is 1.17. The number of aromatic carboxylic acids is 1. The largest absolute Gasteiger partial charge is 0.489 e. The van der Waals surface area contributed by atoms with Crippen LogP contribution in [-0.4, -0.2) is 28.9 Å². The molecule has 1 amide bonds. The lowest BCUT2D eigenvalue weighted by Gasteiger charge is -2.10. The van der Waals surface area contributed by atoms with Crippen LogP contribution in [0.25, 0.3) is 11.3 Å². The second-order valence-electron chi connectivity index (χ2n) is 11.0. The number of carbonyl (C=O) groups excluding carboxylic acids is 1. The summed E-state index contributed by atoms with van der Waals surface area (Å²) in [4.78, 5) is 23.9. The van der Waals surface area contributed by atoms with Gasteiger partial charge in [0, 0.05) is 34.4 Å². The third kappa shape index (κ3) is 7.74. The van der Waals surface area contributed by atoms with Gasteiger partial charge in [-0.2, -0.15) is 0 Å². The van der Waals surface area contributed by atoms with E-state index in [-0.39, 0.29) is 23.8 Å². The van der Waals surface area contributed by atoms with Crippen molar-refractivity contribution >= 4 is 52.6 Å². The van der Waals surface area contributed by atoms with Crippen molar-refractivity contribution in [3.05, 3.63) is 97.7 Å². The first-order valence-electron chi connectivity index (χ1n) is 14.4. The zero-order chi connectivity index (χ0) is 31.5. The standard InChI is InChI=1S/C34H27Cl3N2O6/c35-27-2-1-3-28(36)30(27)31-26(32(45-39-31)22-8-9-22)18-44-25-11-10-21(29(37)17-25)7-6-20-14-23(33(40)41)16-24(15-20)38-34(42)43-13-12-19-4-5-19/h1-3,10-11,14-17,19,22H,4-5,8-9,12-13,18H2,(H,38,42)(H,40,41). The minimum atomic E-state index is -1.15. The van der Waals surface area contributed by atoms with Crippen molar-refractivity contribution in [3.8, 4) is 28.8 Å². The number of carboxylic acids is 1. The first-order valence-corrected chi connectivity index (χ1v) is 15.6. The van der Waals surface area contributed by atoms with Crippen LogP contribution in [0.3, 0.4) is 0 Å². The van der Waals surface area contributed by atoms with Crippen LogP contribution in [0.15, 0.2) is 59.1 Å². The van der Waals surface area contributed by atoms with Gasteiger partial charge in [-0.15, -0.1) is 0 Å². The Kier molecular flexibility index (Phi) is 9.22. The van der Waals surface area contributed by atoms with E-state index in [0.29, 0.717) is 55.7 Å². The maximum Gasteiger partial charge on any atom is 0.411 e. The Bertz CT molecular complexity index is 1820. The highest BCUT2D eigenvalue weighted by atomic mass is 35.5. The van der Waals surface area contributed by atoms with Crippen LogP contribution < -0.4 is 10.1 Å². The molecule has 2 aliphatic carbocycles. The molecule has 45 heavy (non-hydrogen) atoms. The number of halogens is 3. The lowest BCUT2D eigenvalue weighted by Crippen LogP contribution is -2.15. The molecule has 0 aliphatic heterocycles. The van der Waals surface area contributed by atoms with E-state index in [1.165, 1.54) is 25.0 Å². The molecule has 8 nitrogen and oxygen atoms in total. The van der Waals surface area contributed by atoms with Gasteiger partial charge < -0.3 is 19.1 Å². The molecule has 2 aliphatic rings. The molecule has 0 saturated heterocycles. The Morgan fingerprint density at radius 2 is 1.76 bits per heavy atom. The molecule has 1 aromatic heterocycles. The predicted octanol–water partition coefficient (Wildman–Crippen LogP) is 9.20. The first kappa shape index (κ1) is 30.8. The number of amides is 1. The van der Waals surface area contributed by atoms with E-state index in [0.717, 1.165) is 30.6 Å². The van der Waals surface area contributed by atoms with E-state index in [4.69, 9.17) is 48.8 Å². The van der Waals surface area contributed by atoms with Crippen LogP contribution in [0.1, 0.15) is 70.8 Å². The van der Waals surface area contributed by atoms with Crippen LogP contribution in [0.5, 0.6) is 5.75 Å². The van der Waals surface area contributed by atoms with E-state index in [9.17, 15) is 14.7 Å². The van der Waals surface area contributed by atoms with Gasteiger partial charge in [-0.05, 0) is 67.6 Å². The van der Waals surface area contributed by atoms with Crippen LogP contribution in [-0.2, 0) is 11.3 Å². The molecule has 6 rings (SSSR count). The lowest BCUT2D eigenvalue weighted by molar-refractivity contribution is 0.0696. The van der Waals surface area contributed by atoms with Crippen LogP contribution >= 0.6 is 34.8 Å². The smallest absolute Gasteiger partial charge is 0.411 e. The van der Waals surface area contributed by atoms with Crippen molar-refractivity contribution in [3.63, 3.8) is 0 Å². The predicted molar refractivity (Wildman–Crippen MR) is 171 cm³/mol. The maximum absolute atomic E-state index is 12.2. The summed E-state index contributed by atoms with van der Waals surface area (Å²) < 4.78 is 17.0. The number of nitrogens with zero attached hydrogens (tertiary/aromatic N) is 1. The van der Waals surface area contributed by atoms with Gasteiger partial charge in [0.1, 0.15) is 23.8 Å². The van der Waals surface area contributed by atoms with Gasteiger partial charge in [-0.3, -0.25) is 5.32 Å². The van der Waals surface area contributed by atoms with Crippen LogP contribution in [0.4, 0.5) is 10.5 Å². The monoisotopic (exact) mass is 664 g/mol. The molecule has 0 atom stereocenters. The average molecular weight is 666 g/mol. The summed E-state index contributed by atoms with van der Waals surface area (Å²) >= 11 is 19.5. The van der Waals surface area contributed by atoms with Gasteiger partial charge in [0.25, 0.3) is 0 Å². The molecule has 0 unspecified atom stereocenters. The first-order chi connectivity index (χ1) is 21.7. The molecule has 2 N–H and O–H groups in total. The van der Waals surface area contributed by atoms with E-state index < -0.39 is 12.1 Å². The number of nitrogens with one attached hydrogen (secondary N) is 1. The van der Waals surface area contributed by atoms with Crippen LogP contribution in [0.2, 0.25) is 15.1 Å². The summed E-state index contributed by atoms with van der Waals surface area (Å²) in [6.07, 6.45) is 4.53. The van der Waals surface area contributed by atoms with Gasteiger partial charge >= 0.3 is 12.1 Å². The molecule has 230 valence electrons. The zero-order valence-electron chi connectivity index (χ0n) is 23.9. The molecule has 11 heteroatoms.